The summed E-state index contributed by atoms with van der Waals surface area (Å²) in [6.07, 6.45) is 2.39. The van der Waals surface area contributed by atoms with Crippen LogP contribution >= 0.6 is 0 Å². The number of carbonyl (C=O) groups excluding carboxylic acids is 1. The highest BCUT2D eigenvalue weighted by Crippen LogP contribution is 2.35. The van der Waals surface area contributed by atoms with Crippen LogP contribution in [0.2, 0.25) is 0 Å². The molecule has 23 heavy (non-hydrogen) atoms. The van der Waals surface area contributed by atoms with Crippen molar-refractivity contribution < 1.29 is 14.6 Å². The van der Waals surface area contributed by atoms with E-state index in [1.54, 1.807) is 0 Å². The monoisotopic (exact) mass is 315 g/mol. The molecule has 0 aromatic heterocycles. The number of hydrogen-bond acceptors (Lipinski definition) is 4. The van der Waals surface area contributed by atoms with Crippen molar-refractivity contribution in [1.29, 1.82) is 0 Å². The van der Waals surface area contributed by atoms with E-state index in [0.717, 1.165) is 5.75 Å². The van der Waals surface area contributed by atoms with E-state index < -0.39 is 0 Å². The first kappa shape index (κ1) is 17.3. The quantitative estimate of drug-likeness (QED) is 0.806. The summed E-state index contributed by atoms with van der Waals surface area (Å²) in [5, 5.41) is 10.1. The van der Waals surface area contributed by atoms with E-state index >= 15 is 0 Å². The number of aliphatic hydroxyl groups excluding tert-OH is 1. The topological polar surface area (TPSA) is 58.9 Å². The second-order valence-corrected chi connectivity index (χ2v) is 7.26. The largest absolute Gasteiger partial charge is 0.511 e. The van der Waals surface area contributed by atoms with Crippen LogP contribution in [-0.4, -0.2) is 23.7 Å². The van der Waals surface area contributed by atoms with Gasteiger partial charge in [-0.3, -0.25) is 9.79 Å². The van der Waals surface area contributed by atoms with E-state index in [1.807, 2.05) is 38.1 Å². The summed E-state index contributed by atoms with van der Waals surface area (Å²) in [6, 6.07) is 7.41. The molecule has 0 spiro atoms. The lowest BCUT2D eigenvalue weighted by molar-refractivity contribution is -0.117. The number of nitrogens with zero attached hydrogens (tertiary/aromatic N) is 1. The molecule has 1 N–H and O–H groups in total. The summed E-state index contributed by atoms with van der Waals surface area (Å²) in [7, 11) is 0. The number of Topliss-reactive ketones (excluding diaryl/α,β-unsaturated/α-hetero) is 1. The average Bonchev–Trinajstić information content (AvgIpc) is 2.43. The summed E-state index contributed by atoms with van der Waals surface area (Å²) in [5.41, 5.74) is 0.824. The maximum absolute atomic E-state index is 12.2. The zero-order valence-electron chi connectivity index (χ0n) is 14.3. The Kier molecular flexibility index (Phi) is 5.24. The van der Waals surface area contributed by atoms with Gasteiger partial charge in [-0.1, -0.05) is 33.8 Å². The molecule has 1 aromatic rings. The van der Waals surface area contributed by atoms with Crippen LogP contribution in [0.5, 0.6) is 5.75 Å². The van der Waals surface area contributed by atoms with Gasteiger partial charge in [0.05, 0.1) is 17.9 Å². The Labute approximate surface area is 137 Å². The van der Waals surface area contributed by atoms with Crippen molar-refractivity contribution in [2.75, 3.05) is 6.61 Å². The van der Waals surface area contributed by atoms with Gasteiger partial charge >= 0.3 is 0 Å². The van der Waals surface area contributed by atoms with Gasteiger partial charge in [-0.25, -0.2) is 0 Å². The average molecular weight is 315 g/mol. The molecule has 0 fully saturated rings. The molecule has 2 rings (SSSR count). The highest BCUT2D eigenvalue weighted by Gasteiger charge is 2.32. The Bertz CT molecular complexity index is 642. The fraction of sp³-hybridized carbons (Fsp3) is 0.474. The molecule has 1 aromatic carbocycles. The van der Waals surface area contributed by atoms with E-state index in [4.69, 9.17) is 4.74 Å². The number of aliphatic imine (C=N–C) groups is 1. The first-order valence-electron chi connectivity index (χ1n) is 7.99. The molecule has 124 valence electrons. The molecule has 0 atom stereocenters. The molecule has 0 bridgehead atoms. The molecular weight excluding hydrogens is 290 g/mol. The molecule has 4 heteroatoms. The lowest BCUT2D eigenvalue weighted by atomic mass is 9.77. The number of ether oxygens (including phenoxy) is 1. The van der Waals surface area contributed by atoms with Crippen LogP contribution in [0.15, 0.2) is 40.6 Å². The molecule has 0 amide bonds. The predicted molar refractivity (Wildman–Crippen MR) is 92.6 cm³/mol. The van der Waals surface area contributed by atoms with Crippen LogP contribution in [0.4, 0.5) is 5.69 Å². The van der Waals surface area contributed by atoms with Crippen molar-refractivity contribution >= 4 is 17.7 Å². The van der Waals surface area contributed by atoms with E-state index in [9.17, 15) is 9.90 Å². The fourth-order valence-electron chi connectivity index (χ4n) is 2.50. The zero-order chi connectivity index (χ0) is 17.0. The van der Waals surface area contributed by atoms with Crippen LogP contribution in [0, 0.1) is 11.3 Å². The maximum Gasteiger partial charge on any atom is 0.168 e. The lowest BCUT2D eigenvalue weighted by Gasteiger charge is -2.28. The third-order valence-corrected chi connectivity index (χ3v) is 3.64. The highest BCUT2D eigenvalue weighted by atomic mass is 16.5. The van der Waals surface area contributed by atoms with Crippen molar-refractivity contribution in [1.82, 2.24) is 0 Å². The summed E-state index contributed by atoms with van der Waals surface area (Å²) in [6.45, 7) is 8.78. The van der Waals surface area contributed by atoms with Gasteiger partial charge in [0, 0.05) is 25.1 Å². The van der Waals surface area contributed by atoms with Crippen molar-refractivity contribution in [3.05, 3.63) is 35.6 Å². The SMILES string of the molecule is CC(C)COc1cccc(N=CC2=C(O)CC(C)(C)CC2=O)c1. The standard InChI is InChI=1S/C19H25NO3/c1-13(2)12-23-15-7-5-6-14(8-15)20-11-16-17(21)9-19(3,4)10-18(16)22/h5-8,11,13,21H,9-10,12H2,1-4H3. The first-order valence-corrected chi connectivity index (χ1v) is 7.99. The van der Waals surface area contributed by atoms with Gasteiger partial charge in [0.1, 0.15) is 11.5 Å². The van der Waals surface area contributed by atoms with Crippen molar-refractivity contribution in [3.8, 4) is 5.75 Å². The van der Waals surface area contributed by atoms with Gasteiger partial charge in [-0.15, -0.1) is 0 Å². The summed E-state index contributed by atoms with van der Waals surface area (Å²) in [4.78, 5) is 16.5. The Morgan fingerprint density at radius 2 is 2.09 bits per heavy atom. The van der Waals surface area contributed by atoms with Crippen LogP contribution < -0.4 is 4.74 Å². The van der Waals surface area contributed by atoms with Crippen LogP contribution in [-0.2, 0) is 4.79 Å². The molecule has 1 aliphatic rings. The first-order chi connectivity index (χ1) is 10.8. The maximum atomic E-state index is 12.2. The van der Waals surface area contributed by atoms with Gasteiger partial charge in [0.2, 0.25) is 0 Å². The van der Waals surface area contributed by atoms with Gasteiger partial charge in [0.25, 0.3) is 0 Å². The van der Waals surface area contributed by atoms with E-state index in [2.05, 4.69) is 18.8 Å². The third-order valence-electron chi connectivity index (χ3n) is 3.64. The molecule has 0 saturated heterocycles. The molecule has 0 radical (unpaired) electrons. The van der Waals surface area contributed by atoms with Crippen LogP contribution in [0.25, 0.3) is 0 Å². The second kappa shape index (κ2) is 6.99. The minimum atomic E-state index is -0.191. The van der Waals surface area contributed by atoms with Crippen LogP contribution in [0.1, 0.15) is 40.5 Å². The number of carbonyl (C=O) groups is 1. The number of ketones is 1. The predicted octanol–water partition coefficient (Wildman–Crippen LogP) is 4.62. The summed E-state index contributed by atoms with van der Waals surface area (Å²) >= 11 is 0. The normalized spacial score (nSPS) is 18.0. The summed E-state index contributed by atoms with van der Waals surface area (Å²) < 4.78 is 5.67. The minimum absolute atomic E-state index is 0.0605. The Balaban J connectivity index is 2.14. The van der Waals surface area contributed by atoms with Gasteiger partial charge in [-0.2, -0.15) is 0 Å². The van der Waals surface area contributed by atoms with Gasteiger partial charge in [-0.05, 0) is 23.5 Å². The number of rotatable bonds is 5. The third kappa shape index (κ3) is 4.95. The van der Waals surface area contributed by atoms with E-state index in [-0.39, 0.29) is 17.0 Å². The Hall–Kier alpha value is -2.10. The minimum Gasteiger partial charge on any atom is -0.511 e. The molecule has 4 nitrogen and oxygen atoms in total. The smallest absolute Gasteiger partial charge is 0.168 e. The molecule has 0 saturated carbocycles. The van der Waals surface area contributed by atoms with E-state index in [0.29, 0.717) is 36.6 Å². The molecular formula is C19H25NO3. The highest BCUT2D eigenvalue weighted by molar-refractivity contribution is 6.14. The van der Waals surface area contributed by atoms with Crippen LogP contribution in [0.3, 0.4) is 0 Å². The van der Waals surface area contributed by atoms with E-state index in [1.165, 1.54) is 6.21 Å². The Morgan fingerprint density at radius 1 is 1.35 bits per heavy atom. The van der Waals surface area contributed by atoms with Crippen molar-refractivity contribution in [2.24, 2.45) is 16.3 Å². The zero-order valence-corrected chi connectivity index (χ0v) is 14.3. The lowest BCUT2D eigenvalue weighted by Crippen LogP contribution is -2.26. The number of aliphatic hydroxyl groups is 1. The number of benzene rings is 1. The van der Waals surface area contributed by atoms with Gasteiger partial charge < -0.3 is 9.84 Å². The Morgan fingerprint density at radius 3 is 2.74 bits per heavy atom. The van der Waals surface area contributed by atoms with Crippen molar-refractivity contribution in [3.63, 3.8) is 0 Å². The fourth-order valence-corrected chi connectivity index (χ4v) is 2.50. The molecule has 1 aliphatic carbocycles. The molecule has 0 unspecified atom stereocenters. The molecule has 0 heterocycles. The summed E-state index contributed by atoms with van der Waals surface area (Å²) in [5.74, 6) is 1.27. The number of allylic oxidation sites excluding steroid dienone is 2. The van der Waals surface area contributed by atoms with Crippen molar-refractivity contribution in [2.45, 2.75) is 40.5 Å². The molecule has 0 aliphatic heterocycles. The van der Waals surface area contributed by atoms with Gasteiger partial charge in [0.15, 0.2) is 5.78 Å². The number of hydrogen-bond donors (Lipinski definition) is 1. The second-order valence-electron chi connectivity index (χ2n) is 7.26.